The van der Waals surface area contributed by atoms with Crippen molar-refractivity contribution in [3.05, 3.63) is 23.8 Å². The molecule has 0 aromatic heterocycles. The second kappa shape index (κ2) is 4.89. The highest BCUT2D eigenvalue weighted by Gasteiger charge is 2.26. The van der Waals surface area contributed by atoms with Crippen LogP contribution in [0.2, 0.25) is 19.6 Å². The smallest absolute Gasteiger partial charge is 0.161 e. The van der Waals surface area contributed by atoms with Gasteiger partial charge in [-0.05, 0) is 17.7 Å². The van der Waals surface area contributed by atoms with Crippen LogP contribution < -0.4 is 9.47 Å². The number of aliphatic hydroxyl groups excluding tert-OH is 1. The average molecular weight is 240 g/mol. The van der Waals surface area contributed by atoms with E-state index in [2.05, 4.69) is 19.6 Å². The van der Waals surface area contributed by atoms with Crippen molar-refractivity contribution in [3.63, 3.8) is 0 Å². The highest BCUT2D eigenvalue weighted by Crippen LogP contribution is 2.32. The fourth-order valence-electron chi connectivity index (χ4n) is 1.52. The van der Waals surface area contributed by atoms with Gasteiger partial charge in [0, 0.05) is 0 Å². The minimum atomic E-state index is -1.61. The summed E-state index contributed by atoms with van der Waals surface area (Å²) in [6.45, 7) is 6.40. The molecule has 0 fully saturated rings. The van der Waals surface area contributed by atoms with Gasteiger partial charge in [0.2, 0.25) is 0 Å². The van der Waals surface area contributed by atoms with Gasteiger partial charge in [0.15, 0.2) is 11.5 Å². The van der Waals surface area contributed by atoms with Crippen LogP contribution in [0.15, 0.2) is 18.2 Å². The fourth-order valence-corrected chi connectivity index (χ4v) is 2.70. The van der Waals surface area contributed by atoms with Crippen LogP contribution in [0.1, 0.15) is 11.3 Å². The van der Waals surface area contributed by atoms with Crippen molar-refractivity contribution in [1.82, 2.24) is 0 Å². The largest absolute Gasteiger partial charge is 0.493 e. The summed E-state index contributed by atoms with van der Waals surface area (Å²) in [7, 11) is 1.60. The first-order chi connectivity index (χ1) is 7.40. The summed E-state index contributed by atoms with van der Waals surface area (Å²) in [5.41, 5.74) is 0.518. The van der Waals surface area contributed by atoms with E-state index >= 15 is 0 Å². The van der Waals surface area contributed by atoms with E-state index in [1.807, 2.05) is 18.2 Å². The van der Waals surface area contributed by atoms with Gasteiger partial charge in [-0.25, -0.2) is 0 Å². The third-order valence-corrected chi connectivity index (χ3v) is 4.52. The van der Waals surface area contributed by atoms with Gasteiger partial charge in [-0.1, -0.05) is 25.7 Å². The molecule has 0 spiro atoms. The first-order valence-electron chi connectivity index (χ1n) is 5.30. The molecule has 0 aliphatic heterocycles. The van der Waals surface area contributed by atoms with Gasteiger partial charge in [-0.2, -0.15) is 0 Å². The zero-order valence-electron chi connectivity index (χ0n) is 10.6. The Morgan fingerprint density at radius 1 is 1.06 bits per heavy atom. The number of methoxy groups -OCH3 is 2. The van der Waals surface area contributed by atoms with Gasteiger partial charge in [0.25, 0.3) is 0 Å². The summed E-state index contributed by atoms with van der Waals surface area (Å²) in [6, 6.07) is 5.57. The highest BCUT2D eigenvalue weighted by molar-refractivity contribution is 6.77. The Labute approximate surface area is 98.0 Å². The number of aliphatic hydroxyl groups is 1. The molecule has 1 aromatic carbocycles. The van der Waals surface area contributed by atoms with Crippen LogP contribution in [0.3, 0.4) is 0 Å². The number of hydrogen-bond donors (Lipinski definition) is 1. The fraction of sp³-hybridized carbons (Fsp3) is 0.500. The summed E-state index contributed by atoms with van der Waals surface area (Å²) in [6.07, 6.45) is 0. The lowest BCUT2D eigenvalue weighted by molar-refractivity contribution is 0.249. The Morgan fingerprint density at radius 3 is 2.06 bits per heavy atom. The Morgan fingerprint density at radius 2 is 1.62 bits per heavy atom. The Bertz CT molecular complexity index is 358. The van der Waals surface area contributed by atoms with Crippen molar-refractivity contribution >= 4 is 8.07 Å². The molecule has 0 aliphatic carbocycles. The standard InChI is InChI=1S/C12H20O3Si/c1-14-10-7-6-9(8-11(10)15-2)12(13)16(3,4)5/h6-8,12-13H,1-5H3. The van der Waals surface area contributed by atoms with E-state index in [0.717, 1.165) is 5.56 Å². The Balaban J connectivity index is 3.08. The number of ether oxygens (including phenoxy) is 2. The zero-order valence-corrected chi connectivity index (χ0v) is 11.6. The topological polar surface area (TPSA) is 38.7 Å². The van der Waals surface area contributed by atoms with Crippen molar-refractivity contribution in [2.45, 2.75) is 25.4 Å². The van der Waals surface area contributed by atoms with Crippen LogP contribution in [0, 0.1) is 0 Å². The van der Waals surface area contributed by atoms with E-state index in [9.17, 15) is 5.11 Å². The van der Waals surface area contributed by atoms with Crippen LogP contribution in [0.5, 0.6) is 11.5 Å². The van der Waals surface area contributed by atoms with Gasteiger partial charge in [-0.15, -0.1) is 0 Å². The number of hydrogen-bond acceptors (Lipinski definition) is 3. The van der Waals surface area contributed by atoms with Gasteiger partial charge in [-0.3, -0.25) is 0 Å². The molecule has 0 heterocycles. The van der Waals surface area contributed by atoms with Gasteiger partial charge in [0.05, 0.1) is 28.0 Å². The quantitative estimate of drug-likeness (QED) is 0.822. The molecular weight excluding hydrogens is 220 g/mol. The normalized spacial score (nSPS) is 13.4. The lowest BCUT2D eigenvalue weighted by atomic mass is 10.2. The Kier molecular flexibility index (Phi) is 3.99. The number of rotatable bonds is 4. The molecule has 4 heteroatoms. The molecule has 0 amide bonds. The first kappa shape index (κ1) is 13.1. The lowest BCUT2D eigenvalue weighted by Gasteiger charge is -2.24. The van der Waals surface area contributed by atoms with E-state index in [4.69, 9.17) is 9.47 Å². The SMILES string of the molecule is COc1ccc(C(O)[Si](C)(C)C)cc1OC. The predicted molar refractivity (Wildman–Crippen MR) is 67.9 cm³/mol. The second-order valence-electron chi connectivity index (χ2n) is 4.88. The molecule has 0 radical (unpaired) electrons. The maximum atomic E-state index is 10.2. The van der Waals surface area contributed by atoms with E-state index in [1.165, 1.54) is 0 Å². The second-order valence-corrected chi connectivity index (χ2v) is 10.2. The molecule has 1 N–H and O–H groups in total. The molecular formula is C12H20O3Si. The van der Waals surface area contributed by atoms with Crippen LogP contribution in [0.4, 0.5) is 0 Å². The minimum absolute atomic E-state index is 0.382. The summed E-state index contributed by atoms with van der Waals surface area (Å²) in [4.78, 5) is 0. The highest BCUT2D eigenvalue weighted by atomic mass is 28.3. The molecule has 0 aliphatic rings. The average Bonchev–Trinajstić information content (AvgIpc) is 2.25. The molecule has 16 heavy (non-hydrogen) atoms. The zero-order chi connectivity index (χ0) is 12.3. The van der Waals surface area contributed by atoms with Gasteiger partial charge >= 0.3 is 0 Å². The third-order valence-electron chi connectivity index (χ3n) is 2.54. The molecule has 1 atom stereocenters. The molecule has 90 valence electrons. The third kappa shape index (κ3) is 2.77. The minimum Gasteiger partial charge on any atom is -0.493 e. The first-order valence-corrected chi connectivity index (χ1v) is 8.88. The van der Waals surface area contributed by atoms with E-state index in [1.54, 1.807) is 14.2 Å². The number of benzene rings is 1. The summed E-state index contributed by atoms with van der Waals surface area (Å²) in [5, 5.41) is 10.2. The monoisotopic (exact) mass is 240 g/mol. The molecule has 0 bridgehead atoms. The van der Waals surface area contributed by atoms with Crippen LogP contribution in [-0.2, 0) is 0 Å². The van der Waals surface area contributed by atoms with E-state index < -0.39 is 8.07 Å². The van der Waals surface area contributed by atoms with Crippen LogP contribution >= 0.6 is 0 Å². The van der Waals surface area contributed by atoms with Crippen molar-refractivity contribution in [3.8, 4) is 11.5 Å². The maximum absolute atomic E-state index is 10.2. The van der Waals surface area contributed by atoms with Crippen molar-refractivity contribution < 1.29 is 14.6 Å². The van der Waals surface area contributed by atoms with Gasteiger partial charge < -0.3 is 14.6 Å². The Hall–Kier alpha value is -1.00. The lowest BCUT2D eigenvalue weighted by Crippen LogP contribution is -2.30. The van der Waals surface area contributed by atoms with Crippen molar-refractivity contribution in [2.75, 3.05) is 14.2 Å². The van der Waals surface area contributed by atoms with Crippen molar-refractivity contribution in [2.24, 2.45) is 0 Å². The molecule has 1 aromatic rings. The molecule has 0 saturated heterocycles. The predicted octanol–water partition coefficient (Wildman–Crippen LogP) is 2.61. The molecule has 3 nitrogen and oxygen atoms in total. The maximum Gasteiger partial charge on any atom is 0.161 e. The van der Waals surface area contributed by atoms with Crippen LogP contribution in [0.25, 0.3) is 0 Å². The van der Waals surface area contributed by atoms with Gasteiger partial charge in [0.1, 0.15) is 0 Å². The van der Waals surface area contributed by atoms with Crippen molar-refractivity contribution in [1.29, 1.82) is 0 Å². The molecule has 1 rings (SSSR count). The van der Waals surface area contributed by atoms with Crippen LogP contribution in [-0.4, -0.2) is 27.4 Å². The molecule has 0 saturated carbocycles. The summed E-state index contributed by atoms with van der Waals surface area (Å²) in [5.74, 6) is 1.35. The molecule has 1 unspecified atom stereocenters. The van der Waals surface area contributed by atoms with E-state index in [-0.39, 0.29) is 5.73 Å². The summed E-state index contributed by atoms with van der Waals surface area (Å²) < 4.78 is 10.4. The summed E-state index contributed by atoms with van der Waals surface area (Å²) >= 11 is 0. The van der Waals surface area contributed by atoms with E-state index in [0.29, 0.717) is 11.5 Å².